The third-order valence-electron chi connectivity index (χ3n) is 4.11. The van der Waals surface area contributed by atoms with Crippen LogP contribution in [0.25, 0.3) is 0 Å². The van der Waals surface area contributed by atoms with E-state index < -0.39 is 0 Å². The van der Waals surface area contributed by atoms with Crippen LogP contribution in [0.5, 0.6) is 0 Å². The number of nitro groups is 1. The van der Waals surface area contributed by atoms with Gasteiger partial charge in [0.05, 0.1) is 11.5 Å². The minimum atomic E-state index is -0.375. The van der Waals surface area contributed by atoms with Crippen molar-refractivity contribution in [3.63, 3.8) is 0 Å². The summed E-state index contributed by atoms with van der Waals surface area (Å²) in [6.07, 6.45) is 0. The van der Waals surface area contributed by atoms with E-state index in [9.17, 15) is 14.9 Å². The molecular weight excluding hydrogens is 406 g/mol. The predicted octanol–water partition coefficient (Wildman–Crippen LogP) is 2.41. The molecule has 1 fully saturated rings. The average Bonchev–Trinajstić information content (AvgIpc) is 3.00. The van der Waals surface area contributed by atoms with E-state index in [1.165, 1.54) is 6.07 Å². The number of benzene rings is 1. The molecule has 0 aliphatic carbocycles. The number of hydrogen-bond donors (Lipinski definition) is 1. The van der Waals surface area contributed by atoms with Gasteiger partial charge < -0.3 is 14.7 Å². The minimum absolute atomic E-state index is 0.0759. The molecule has 9 nitrogen and oxygen atoms in total. The Kier molecular flexibility index (Phi) is 5.52. The zero-order chi connectivity index (χ0) is 18.7. The molecule has 1 aromatic carbocycles. The van der Waals surface area contributed by atoms with Crippen LogP contribution in [0.3, 0.4) is 0 Å². The number of nitrogens with zero attached hydrogens (tertiary/aromatic N) is 4. The molecule has 1 N–H and O–H groups in total. The van der Waals surface area contributed by atoms with E-state index in [1.54, 1.807) is 25.1 Å². The highest BCUT2D eigenvalue weighted by Gasteiger charge is 2.25. The van der Waals surface area contributed by atoms with E-state index in [-0.39, 0.29) is 23.1 Å². The smallest absolute Gasteiger partial charge is 0.293 e. The fourth-order valence-electron chi connectivity index (χ4n) is 2.87. The number of aryl methyl sites for hydroxylation is 1. The zero-order valence-electron chi connectivity index (χ0n) is 14.1. The lowest BCUT2D eigenvalue weighted by atomic mass is 10.2. The summed E-state index contributed by atoms with van der Waals surface area (Å²) in [5.74, 6) is 0.864. The van der Waals surface area contributed by atoms with Crippen molar-refractivity contribution in [3.05, 3.63) is 44.6 Å². The first kappa shape index (κ1) is 18.3. The van der Waals surface area contributed by atoms with Crippen molar-refractivity contribution in [1.29, 1.82) is 0 Å². The molecule has 0 saturated carbocycles. The third kappa shape index (κ3) is 4.38. The molecule has 1 saturated heterocycles. The van der Waals surface area contributed by atoms with Gasteiger partial charge in [0.2, 0.25) is 5.91 Å². The molecule has 1 aromatic heterocycles. The van der Waals surface area contributed by atoms with Gasteiger partial charge in [0.25, 0.3) is 5.69 Å². The molecular formula is C16H18BrN5O4. The van der Waals surface area contributed by atoms with Crippen LogP contribution in [0, 0.1) is 17.0 Å². The van der Waals surface area contributed by atoms with Gasteiger partial charge in [-0.1, -0.05) is 21.1 Å². The Morgan fingerprint density at radius 2 is 2.08 bits per heavy atom. The highest BCUT2D eigenvalue weighted by molar-refractivity contribution is 9.10. The molecule has 1 aliphatic rings. The molecule has 138 valence electrons. The van der Waals surface area contributed by atoms with Crippen LogP contribution in [0.2, 0.25) is 0 Å². The number of nitrogens with one attached hydrogen (secondary N) is 1. The normalized spacial score (nSPS) is 15.1. The van der Waals surface area contributed by atoms with Gasteiger partial charge in [-0.15, -0.1) is 0 Å². The summed E-state index contributed by atoms with van der Waals surface area (Å²) in [4.78, 5) is 27.0. The molecule has 0 radical (unpaired) electrons. The standard InChI is InChI=1S/C16H18BrN5O4/c1-11-8-15(19-26-11)18-16(23)10-20-4-6-21(7-5-20)13-3-2-12(17)9-14(13)22(24)25/h2-3,8-9H,4-7,10H2,1H3,(H,18,19,23). The lowest BCUT2D eigenvalue weighted by Gasteiger charge is -2.35. The summed E-state index contributed by atoms with van der Waals surface area (Å²) < 4.78 is 5.59. The molecule has 1 aliphatic heterocycles. The van der Waals surface area contributed by atoms with Gasteiger partial charge in [-0.2, -0.15) is 0 Å². The lowest BCUT2D eigenvalue weighted by molar-refractivity contribution is -0.384. The van der Waals surface area contributed by atoms with Crippen LogP contribution in [0.4, 0.5) is 17.2 Å². The highest BCUT2D eigenvalue weighted by Crippen LogP contribution is 2.31. The minimum Gasteiger partial charge on any atom is -0.363 e. The molecule has 0 unspecified atom stereocenters. The molecule has 0 spiro atoms. The second kappa shape index (κ2) is 7.83. The van der Waals surface area contributed by atoms with Crippen molar-refractivity contribution >= 4 is 39.0 Å². The largest absolute Gasteiger partial charge is 0.363 e. The summed E-state index contributed by atoms with van der Waals surface area (Å²) in [6, 6.07) is 6.71. The monoisotopic (exact) mass is 423 g/mol. The lowest BCUT2D eigenvalue weighted by Crippen LogP contribution is -2.48. The first-order valence-electron chi connectivity index (χ1n) is 8.07. The van der Waals surface area contributed by atoms with Gasteiger partial charge in [-0.25, -0.2) is 0 Å². The van der Waals surface area contributed by atoms with Crippen LogP contribution in [0.15, 0.2) is 33.3 Å². The van der Waals surface area contributed by atoms with Crippen LogP contribution in [-0.2, 0) is 4.79 Å². The molecule has 2 heterocycles. The summed E-state index contributed by atoms with van der Waals surface area (Å²) in [6.45, 7) is 4.49. The number of hydrogen-bond acceptors (Lipinski definition) is 7. The Bertz CT molecular complexity index is 817. The Morgan fingerprint density at radius 3 is 2.69 bits per heavy atom. The van der Waals surface area contributed by atoms with Crippen LogP contribution in [0.1, 0.15) is 5.76 Å². The maximum absolute atomic E-state index is 12.1. The number of carbonyl (C=O) groups is 1. The number of nitro benzene ring substituents is 1. The van der Waals surface area contributed by atoms with Gasteiger partial charge in [-0.05, 0) is 19.1 Å². The summed E-state index contributed by atoms with van der Waals surface area (Å²) >= 11 is 3.27. The quantitative estimate of drug-likeness (QED) is 0.581. The number of halogens is 1. The number of rotatable bonds is 5. The molecule has 26 heavy (non-hydrogen) atoms. The van der Waals surface area contributed by atoms with E-state index >= 15 is 0 Å². The maximum atomic E-state index is 12.1. The Labute approximate surface area is 158 Å². The van der Waals surface area contributed by atoms with E-state index in [0.717, 1.165) is 0 Å². The van der Waals surface area contributed by atoms with Crippen LogP contribution >= 0.6 is 15.9 Å². The number of anilines is 2. The molecule has 2 aromatic rings. The molecule has 0 atom stereocenters. The van der Waals surface area contributed by atoms with Crippen molar-refractivity contribution in [2.75, 3.05) is 42.9 Å². The number of carbonyl (C=O) groups excluding carboxylic acids is 1. The third-order valence-corrected chi connectivity index (χ3v) is 4.60. The van der Waals surface area contributed by atoms with Crippen molar-refractivity contribution in [1.82, 2.24) is 10.1 Å². The molecule has 0 bridgehead atoms. The van der Waals surface area contributed by atoms with Gasteiger partial charge in [0, 0.05) is 42.8 Å². The van der Waals surface area contributed by atoms with Crippen molar-refractivity contribution in [2.24, 2.45) is 0 Å². The second-order valence-electron chi connectivity index (χ2n) is 6.02. The highest BCUT2D eigenvalue weighted by atomic mass is 79.9. The van der Waals surface area contributed by atoms with Crippen LogP contribution < -0.4 is 10.2 Å². The van der Waals surface area contributed by atoms with Gasteiger partial charge >= 0.3 is 0 Å². The van der Waals surface area contributed by atoms with Crippen molar-refractivity contribution in [2.45, 2.75) is 6.92 Å². The average molecular weight is 424 g/mol. The Balaban J connectivity index is 1.56. The van der Waals surface area contributed by atoms with Crippen molar-refractivity contribution < 1.29 is 14.2 Å². The van der Waals surface area contributed by atoms with Crippen LogP contribution in [-0.4, -0.2) is 53.6 Å². The zero-order valence-corrected chi connectivity index (χ0v) is 15.7. The Morgan fingerprint density at radius 1 is 1.35 bits per heavy atom. The fourth-order valence-corrected chi connectivity index (χ4v) is 3.22. The fraction of sp³-hybridized carbons (Fsp3) is 0.375. The van der Waals surface area contributed by atoms with E-state index in [1.807, 2.05) is 9.80 Å². The van der Waals surface area contributed by atoms with E-state index in [0.29, 0.717) is 47.9 Å². The second-order valence-corrected chi connectivity index (χ2v) is 6.94. The Hall–Kier alpha value is -2.46. The summed E-state index contributed by atoms with van der Waals surface area (Å²) in [7, 11) is 0. The van der Waals surface area contributed by atoms with E-state index in [4.69, 9.17) is 4.52 Å². The maximum Gasteiger partial charge on any atom is 0.293 e. The first-order valence-corrected chi connectivity index (χ1v) is 8.86. The number of piperazine rings is 1. The number of aromatic nitrogens is 1. The topological polar surface area (TPSA) is 105 Å². The number of amides is 1. The summed E-state index contributed by atoms with van der Waals surface area (Å²) in [5, 5.41) is 17.7. The van der Waals surface area contributed by atoms with E-state index in [2.05, 4.69) is 26.4 Å². The SMILES string of the molecule is Cc1cc(NC(=O)CN2CCN(c3ccc(Br)cc3[N+](=O)[O-])CC2)no1. The van der Waals surface area contributed by atoms with Gasteiger partial charge in [0.15, 0.2) is 5.82 Å². The predicted molar refractivity (Wildman–Crippen MR) is 99.3 cm³/mol. The van der Waals surface area contributed by atoms with Gasteiger partial charge in [-0.3, -0.25) is 19.8 Å². The molecule has 10 heteroatoms. The molecule has 3 rings (SSSR count). The molecule has 1 amide bonds. The summed E-state index contributed by atoms with van der Waals surface area (Å²) in [5.41, 5.74) is 0.673. The van der Waals surface area contributed by atoms with Gasteiger partial charge in [0.1, 0.15) is 11.4 Å². The first-order chi connectivity index (χ1) is 12.4. The van der Waals surface area contributed by atoms with Crippen molar-refractivity contribution in [3.8, 4) is 0 Å².